The SMILES string of the molecule is COC(=O)CC/C=C\C[C@@H]1[C@@H](NS(=O)(=O)c2ccc(F)cc2)CC[C@@H]1OCc1ccc(-c2ccccc2)cc1. The molecule has 3 aromatic rings. The minimum Gasteiger partial charge on any atom is -0.469 e. The second-order valence-electron chi connectivity index (χ2n) is 9.66. The van der Waals surface area contributed by atoms with Crippen LogP contribution in [-0.2, 0) is 30.9 Å². The molecule has 0 aliphatic heterocycles. The van der Waals surface area contributed by atoms with Crippen LogP contribution in [0.15, 0.2) is 95.9 Å². The standard InChI is InChI=1S/C31H34FNO5S/c1-37-31(34)11-7-3-6-10-28-29(33-39(35,36)27-18-16-26(32)17-19-27)20-21-30(28)38-22-23-12-14-25(15-13-23)24-8-4-2-5-9-24/h2-6,8-9,12-19,28-30,33H,7,10-11,20-22H2,1H3/b6-3-/t28-,29+,30+/m1/s1. The predicted octanol–water partition coefficient (Wildman–Crippen LogP) is 6.03. The van der Waals surface area contributed by atoms with Crippen molar-refractivity contribution in [3.05, 3.63) is 102 Å². The maximum Gasteiger partial charge on any atom is 0.305 e. The van der Waals surface area contributed by atoms with E-state index in [-0.39, 0.29) is 35.3 Å². The normalized spacial score (nSPS) is 19.4. The minimum atomic E-state index is -3.82. The lowest BCUT2D eigenvalue weighted by molar-refractivity contribution is -0.140. The van der Waals surface area contributed by atoms with Crippen molar-refractivity contribution in [2.24, 2.45) is 5.92 Å². The summed E-state index contributed by atoms with van der Waals surface area (Å²) in [5, 5.41) is 0. The summed E-state index contributed by atoms with van der Waals surface area (Å²) in [6.07, 6.45) is 6.50. The molecule has 0 aromatic heterocycles. The van der Waals surface area contributed by atoms with Gasteiger partial charge in [-0.3, -0.25) is 4.79 Å². The van der Waals surface area contributed by atoms with Crippen molar-refractivity contribution in [3.8, 4) is 11.1 Å². The number of nitrogens with one attached hydrogen (secondary N) is 1. The predicted molar refractivity (Wildman–Crippen MR) is 149 cm³/mol. The number of carbonyl (C=O) groups excluding carboxylic acids is 1. The molecule has 39 heavy (non-hydrogen) atoms. The van der Waals surface area contributed by atoms with E-state index in [0.29, 0.717) is 32.3 Å². The van der Waals surface area contributed by atoms with E-state index in [1.165, 1.54) is 19.2 Å². The largest absolute Gasteiger partial charge is 0.469 e. The van der Waals surface area contributed by atoms with Gasteiger partial charge in [-0.15, -0.1) is 0 Å². The smallest absolute Gasteiger partial charge is 0.305 e. The van der Waals surface area contributed by atoms with E-state index in [2.05, 4.69) is 33.7 Å². The molecule has 0 radical (unpaired) electrons. The van der Waals surface area contributed by atoms with Crippen LogP contribution in [0.3, 0.4) is 0 Å². The Bertz CT molecular complexity index is 1340. The van der Waals surface area contributed by atoms with Gasteiger partial charge in [-0.05, 0) is 66.6 Å². The first-order valence-corrected chi connectivity index (χ1v) is 14.6. The first-order chi connectivity index (χ1) is 18.9. The number of halogens is 1. The van der Waals surface area contributed by atoms with Gasteiger partial charge in [0.25, 0.3) is 0 Å². The molecule has 0 amide bonds. The van der Waals surface area contributed by atoms with Crippen LogP contribution < -0.4 is 4.72 Å². The zero-order chi connectivity index (χ0) is 27.7. The topological polar surface area (TPSA) is 81.7 Å². The molecular weight excluding hydrogens is 517 g/mol. The highest BCUT2D eigenvalue weighted by atomic mass is 32.2. The Morgan fingerprint density at radius 1 is 0.949 bits per heavy atom. The number of methoxy groups -OCH3 is 1. The van der Waals surface area contributed by atoms with Crippen molar-refractivity contribution < 1.29 is 27.1 Å². The molecule has 3 atom stereocenters. The van der Waals surface area contributed by atoms with E-state index >= 15 is 0 Å². The molecule has 0 bridgehead atoms. The van der Waals surface area contributed by atoms with E-state index in [0.717, 1.165) is 28.8 Å². The van der Waals surface area contributed by atoms with Crippen LogP contribution in [0.1, 0.15) is 37.7 Å². The number of rotatable bonds is 12. The third kappa shape index (κ3) is 8.08. The Hall–Kier alpha value is -3.33. The van der Waals surface area contributed by atoms with Gasteiger partial charge in [0.05, 0.1) is 24.7 Å². The summed E-state index contributed by atoms with van der Waals surface area (Å²) in [5.41, 5.74) is 3.32. The van der Waals surface area contributed by atoms with Gasteiger partial charge in [0.15, 0.2) is 0 Å². The number of carbonyl (C=O) groups is 1. The van der Waals surface area contributed by atoms with Crippen molar-refractivity contribution in [1.82, 2.24) is 4.72 Å². The average molecular weight is 552 g/mol. The summed E-state index contributed by atoms with van der Waals surface area (Å²) < 4.78 is 53.2. The Morgan fingerprint density at radius 2 is 1.64 bits per heavy atom. The zero-order valence-electron chi connectivity index (χ0n) is 22.0. The maximum atomic E-state index is 13.3. The summed E-state index contributed by atoms with van der Waals surface area (Å²) in [5.74, 6) is -0.863. The number of ether oxygens (including phenoxy) is 2. The van der Waals surface area contributed by atoms with Crippen LogP contribution >= 0.6 is 0 Å². The zero-order valence-corrected chi connectivity index (χ0v) is 22.8. The van der Waals surface area contributed by atoms with Crippen molar-refractivity contribution in [2.75, 3.05) is 7.11 Å². The molecule has 0 unspecified atom stereocenters. The Labute approximate surface area is 229 Å². The monoisotopic (exact) mass is 551 g/mol. The molecular formula is C31H34FNO5S. The van der Waals surface area contributed by atoms with Gasteiger partial charge in [0.1, 0.15) is 5.82 Å². The highest BCUT2D eigenvalue weighted by molar-refractivity contribution is 7.89. The van der Waals surface area contributed by atoms with Gasteiger partial charge in [0.2, 0.25) is 10.0 Å². The molecule has 6 nitrogen and oxygen atoms in total. The van der Waals surface area contributed by atoms with Gasteiger partial charge >= 0.3 is 5.97 Å². The lowest BCUT2D eigenvalue weighted by Crippen LogP contribution is -2.39. The van der Waals surface area contributed by atoms with Crippen molar-refractivity contribution in [2.45, 2.75) is 55.8 Å². The van der Waals surface area contributed by atoms with E-state index in [1.54, 1.807) is 0 Å². The first kappa shape index (κ1) is 28.7. The van der Waals surface area contributed by atoms with Crippen molar-refractivity contribution in [1.29, 1.82) is 0 Å². The van der Waals surface area contributed by atoms with Crippen molar-refractivity contribution in [3.63, 3.8) is 0 Å². The molecule has 1 N–H and O–H groups in total. The fraction of sp³-hybridized carbons (Fsp3) is 0.323. The molecule has 8 heteroatoms. The Kier molecular flexibility index (Phi) is 10.0. The van der Waals surface area contributed by atoms with E-state index in [1.807, 2.05) is 42.5 Å². The summed E-state index contributed by atoms with van der Waals surface area (Å²) in [6.45, 7) is 0.416. The summed E-state index contributed by atoms with van der Waals surface area (Å²) in [7, 11) is -2.46. The summed E-state index contributed by atoms with van der Waals surface area (Å²) in [4.78, 5) is 11.4. The van der Waals surface area contributed by atoms with Crippen LogP contribution in [0, 0.1) is 11.7 Å². The van der Waals surface area contributed by atoms with Gasteiger partial charge in [-0.1, -0.05) is 66.7 Å². The fourth-order valence-corrected chi connectivity index (χ4v) is 6.20. The summed E-state index contributed by atoms with van der Waals surface area (Å²) in [6, 6.07) is 22.9. The van der Waals surface area contributed by atoms with E-state index in [9.17, 15) is 17.6 Å². The lowest BCUT2D eigenvalue weighted by atomic mass is 9.97. The number of allylic oxidation sites excluding steroid dienone is 2. The molecule has 0 saturated heterocycles. The van der Waals surface area contributed by atoms with Crippen LogP contribution in [-0.4, -0.2) is 33.6 Å². The molecule has 4 rings (SSSR count). The van der Waals surface area contributed by atoms with E-state index < -0.39 is 15.8 Å². The van der Waals surface area contributed by atoms with Gasteiger partial charge in [0, 0.05) is 18.4 Å². The fourth-order valence-electron chi connectivity index (χ4n) is 4.88. The maximum absolute atomic E-state index is 13.3. The number of esters is 1. The van der Waals surface area contributed by atoms with Crippen LogP contribution in [0.2, 0.25) is 0 Å². The molecule has 1 aliphatic rings. The number of hydrogen-bond donors (Lipinski definition) is 1. The Balaban J connectivity index is 1.42. The molecule has 1 fully saturated rings. The van der Waals surface area contributed by atoms with Crippen LogP contribution in [0.5, 0.6) is 0 Å². The van der Waals surface area contributed by atoms with E-state index in [4.69, 9.17) is 4.74 Å². The number of benzene rings is 3. The lowest BCUT2D eigenvalue weighted by Gasteiger charge is -2.25. The third-order valence-corrected chi connectivity index (χ3v) is 8.54. The first-order valence-electron chi connectivity index (χ1n) is 13.1. The molecule has 206 valence electrons. The molecule has 1 saturated carbocycles. The molecule has 0 spiro atoms. The van der Waals surface area contributed by atoms with Gasteiger partial charge in [-0.25, -0.2) is 17.5 Å². The van der Waals surface area contributed by atoms with Gasteiger partial charge < -0.3 is 9.47 Å². The average Bonchev–Trinajstić information content (AvgIpc) is 3.32. The van der Waals surface area contributed by atoms with Crippen LogP contribution in [0.25, 0.3) is 11.1 Å². The second-order valence-corrected chi connectivity index (χ2v) is 11.4. The minimum absolute atomic E-state index is 0.0270. The highest BCUT2D eigenvalue weighted by Crippen LogP contribution is 2.34. The quantitative estimate of drug-likeness (QED) is 0.219. The van der Waals surface area contributed by atoms with Crippen LogP contribution in [0.4, 0.5) is 4.39 Å². The third-order valence-electron chi connectivity index (χ3n) is 7.03. The van der Waals surface area contributed by atoms with Gasteiger partial charge in [-0.2, -0.15) is 0 Å². The van der Waals surface area contributed by atoms with Crippen molar-refractivity contribution >= 4 is 16.0 Å². The molecule has 1 aliphatic carbocycles. The Morgan fingerprint density at radius 3 is 2.33 bits per heavy atom. The molecule has 3 aromatic carbocycles. The second kappa shape index (κ2) is 13.6. The number of hydrogen-bond acceptors (Lipinski definition) is 5. The number of sulfonamides is 1. The molecule has 0 heterocycles. The summed E-state index contributed by atoms with van der Waals surface area (Å²) >= 11 is 0. The highest BCUT2D eigenvalue weighted by Gasteiger charge is 2.38.